The van der Waals surface area contributed by atoms with Gasteiger partial charge in [0.2, 0.25) is 0 Å². The van der Waals surface area contributed by atoms with E-state index >= 15 is 0 Å². The molecule has 0 rings (SSSR count). The molecule has 0 fully saturated rings. The summed E-state index contributed by atoms with van der Waals surface area (Å²) in [7, 11) is 0. The lowest BCUT2D eigenvalue weighted by Gasteiger charge is -2.08. The van der Waals surface area contributed by atoms with Crippen LogP contribution in [0.3, 0.4) is 0 Å². The van der Waals surface area contributed by atoms with Crippen LogP contribution in [0.2, 0.25) is 0 Å². The fourth-order valence-electron chi connectivity index (χ4n) is 1.52. The molecule has 0 radical (unpaired) electrons. The molecule has 0 spiro atoms. The minimum atomic E-state index is 0.321. The second-order valence-electron chi connectivity index (χ2n) is 4.57. The van der Waals surface area contributed by atoms with Crippen LogP contribution < -0.4 is 0 Å². The molecule has 2 unspecified atom stereocenters. The number of hydrogen-bond acceptors (Lipinski definition) is 2. The maximum absolute atomic E-state index is 8.81. The van der Waals surface area contributed by atoms with Crippen molar-refractivity contribution in [3.8, 4) is 0 Å². The van der Waals surface area contributed by atoms with E-state index in [2.05, 4.69) is 13.8 Å². The Balaban J connectivity index is 3.06. The van der Waals surface area contributed by atoms with Gasteiger partial charge in [0.25, 0.3) is 0 Å². The first kappa shape index (κ1) is 13.9. The summed E-state index contributed by atoms with van der Waals surface area (Å²) >= 11 is 0. The predicted molar refractivity (Wildman–Crippen MR) is 60.2 cm³/mol. The Morgan fingerprint density at radius 1 is 0.714 bits per heavy atom. The third-order valence-electron chi connectivity index (χ3n) is 2.77. The molecule has 2 heteroatoms. The van der Waals surface area contributed by atoms with Gasteiger partial charge in [-0.3, -0.25) is 0 Å². The minimum absolute atomic E-state index is 0.321. The van der Waals surface area contributed by atoms with Crippen molar-refractivity contribution in [1.82, 2.24) is 0 Å². The maximum atomic E-state index is 8.81. The van der Waals surface area contributed by atoms with Crippen LogP contribution in [0, 0.1) is 11.8 Å². The van der Waals surface area contributed by atoms with Crippen LogP contribution in [0.4, 0.5) is 0 Å². The van der Waals surface area contributed by atoms with E-state index in [1.807, 2.05) is 0 Å². The molecule has 0 aromatic rings. The molecule has 0 aromatic carbocycles. The topological polar surface area (TPSA) is 40.5 Å². The smallest absolute Gasteiger partial charge is 0.0456 e. The summed E-state index contributed by atoms with van der Waals surface area (Å²) in [5, 5.41) is 17.6. The molecule has 0 bridgehead atoms. The summed E-state index contributed by atoms with van der Waals surface area (Å²) in [6, 6.07) is 0. The van der Waals surface area contributed by atoms with Crippen molar-refractivity contribution in [3.63, 3.8) is 0 Å². The van der Waals surface area contributed by atoms with Gasteiger partial charge in [0.1, 0.15) is 0 Å². The molecule has 0 heterocycles. The van der Waals surface area contributed by atoms with Gasteiger partial charge in [-0.15, -0.1) is 0 Å². The Morgan fingerprint density at radius 2 is 1.07 bits per heavy atom. The van der Waals surface area contributed by atoms with Crippen LogP contribution in [-0.2, 0) is 0 Å². The molecule has 0 aromatic heterocycles. The van der Waals surface area contributed by atoms with Gasteiger partial charge in [-0.2, -0.15) is 0 Å². The van der Waals surface area contributed by atoms with Crippen molar-refractivity contribution in [2.45, 2.75) is 52.4 Å². The van der Waals surface area contributed by atoms with Crippen LogP contribution in [0.15, 0.2) is 0 Å². The number of hydrogen-bond donors (Lipinski definition) is 2. The Morgan fingerprint density at radius 3 is 1.36 bits per heavy atom. The van der Waals surface area contributed by atoms with Crippen molar-refractivity contribution in [2.24, 2.45) is 11.8 Å². The van der Waals surface area contributed by atoms with E-state index in [1.54, 1.807) is 0 Å². The summed E-state index contributed by atoms with van der Waals surface area (Å²) < 4.78 is 0. The van der Waals surface area contributed by atoms with Gasteiger partial charge in [0.15, 0.2) is 0 Å². The fourth-order valence-corrected chi connectivity index (χ4v) is 1.52. The molecule has 0 saturated heterocycles. The molecule has 0 aliphatic rings. The van der Waals surface area contributed by atoms with Crippen molar-refractivity contribution in [2.75, 3.05) is 13.2 Å². The molecule has 0 aliphatic carbocycles. The molecular formula is C12H26O2. The van der Waals surface area contributed by atoms with Crippen LogP contribution in [0.5, 0.6) is 0 Å². The van der Waals surface area contributed by atoms with Crippen molar-refractivity contribution >= 4 is 0 Å². The van der Waals surface area contributed by atoms with Gasteiger partial charge in [-0.05, 0) is 24.7 Å². The molecule has 14 heavy (non-hydrogen) atoms. The summed E-state index contributed by atoms with van der Waals surface area (Å²) in [5.74, 6) is 0.928. The monoisotopic (exact) mass is 202 g/mol. The van der Waals surface area contributed by atoms with E-state index in [-0.39, 0.29) is 0 Å². The minimum Gasteiger partial charge on any atom is -0.396 e. The first-order valence-electron chi connectivity index (χ1n) is 5.92. The van der Waals surface area contributed by atoms with E-state index in [4.69, 9.17) is 10.2 Å². The number of unbranched alkanes of at least 4 members (excludes halogenated alkanes) is 3. The van der Waals surface area contributed by atoms with Crippen molar-refractivity contribution in [1.29, 1.82) is 0 Å². The zero-order valence-electron chi connectivity index (χ0n) is 9.71. The SMILES string of the molecule is CC(CO)CCCCCCC(C)CO. The van der Waals surface area contributed by atoms with Crippen LogP contribution in [0.1, 0.15) is 52.4 Å². The highest BCUT2D eigenvalue weighted by atomic mass is 16.3. The highest BCUT2D eigenvalue weighted by Crippen LogP contribution is 2.13. The Kier molecular flexibility index (Phi) is 9.42. The first-order valence-corrected chi connectivity index (χ1v) is 5.92. The third kappa shape index (κ3) is 8.52. The van der Waals surface area contributed by atoms with Crippen LogP contribution in [0.25, 0.3) is 0 Å². The molecule has 0 amide bonds. The molecule has 2 N–H and O–H groups in total. The standard InChI is InChI=1S/C12H26O2/c1-11(9-13)7-5-3-4-6-8-12(2)10-14/h11-14H,3-10H2,1-2H3. The zero-order chi connectivity index (χ0) is 10.8. The zero-order valence-corrected chi connectivity index (χ0v) is 9.71. The fraction of sp³-hybridized carbons (Fsp3) is 1.00. The highest BCUT2D eigenvalue weighted by molar-refractivity contribution is 4.54. The summed E-state index contributed by atoms with van der Waals surface area (Å²) in [4.78, 5) is 0. The quantitative estimate of drug-likeness (QED) is 0.564. The van der Waals surface area contributed by atoms with E-state index in [0.717, 1.165) is 12.8 Å². The Hall–Kier alpha value is -0.0800. The summed E-state index contributed by atoms with van der Waals surface area (Å²) in [6.07, 6.45) is 7.29. The number of aliphatic hydroxyl groups is 2. The van der Waals surface area contributed by atoms with Gasteiger partial charge < -0.3 is 10.2 Å². The van der Waals surface area contributed by atoms with Gasteiger partial charge in [-0.1, -0.05) is 39.5 Å². The van der Waals surface area contributed by atoms with E-state index in [0.29, 0.717) is 25.0 Å². The predicted octanol–water partition coefficient (Wildman–Crippen LogP) is 2.58. The van der Waals surface area contributed by atoms with Crippen molar-refractivity contribution < 1.29 is 10.2 Å². The van der Waals surface area contributed by atoms with E-state index < -0.39 is 0 Å². The largest absolute Gasteiger partial charge is 0.396 e. The molecule has 2 nitrogen and oxygen atoms in total. The van der Waals surface area contributed by atoms with Gasteiger partial charge in [0.05, 0.1) is 0 Å². The third-order valence-corrected chi connectivity index (χ3v) is 2.77. The number of rotatable bonds is 9. The molecule has 2 atom stereocenters. The lowest BCUT2D eigenvalue weighted by Crippen LogP contribution is -2.01. The average Bonchev–Trinajstić information content (AvgIpc) is 2.22. The normalized spacial score (nSPS) is 15.4. The summed E-state index contributed by atoms with van der Waals surface area (Å²) in [6.45, 7) is 4.82. The molecule has 0 aliphatic heterocycles. The highest BCUT2D eigenvalue weighted by Gasteiger charge is 2.01. The number of aliphatic hydroxyl groups excluding tert-OH is 2. The Bertz CT molecular complexity index is 101. The second kappa shape index (κ2) is 9.47. The second-order valence-corrected chi connectivity index (χ2v) is 4.57. The van der Waals surface area contributed by atoms with Crippen LogP contribution >= 0.6 is 0 Å². The van der Waals surface area contributed by atoms with E-state index in [9.17, 15) is 0 Å². The Labute approximate surface area is 88.3 Å². The lowest BCUT2D eigenvalue weighted by atomic mass is 10.0. The van der Waals surface area contributed by atoms with Gasteiger partial charge >= 0.3 is 0 Å². The van der Waals surface area contributed by atoms with Crippen LogP contribution in [-0.4, -0.2) is 23.4 Å². The van der Waals surface area contributed by atoms with E-state index in [1.165, 1.54) is 25.7 Å². The van der Waals surface area contributed by atoms with Crippen molar-refractivity contribution in [3.05, 3.63) is 0 Å². The molecular weight excluding hydrogens is 176 g/mol. The lowest BCUT2D eigenvalue weighted by molar-refractivity contribution is 0.223. The molecule has 86 valence electrons. The maximum Gasteiger partial charge on any atom is 0.0456 e. The van der Waals surface area contributed by atoms with Gasteiger partial charge in [0, 0.05) is 13.2 Å². The van der Waals surface area contributed by atoms with Gasteiger partial charge in [-0.25, -0.2) is 0 Å². The average molecular weight is 202 g/mol. The molecule has 0 saturated carbocycles. The summed E-state index contributed by atoms with van der Waals surface area (Å²) in [5.41, 5.74) is 0. The first-order chi connectivity index (χ1) is 6.70.